The molecule has 0 radical (unpaired) electrons. The second kappa shape index (κ2) is 6.57. The fourth-order valence-electron chi connectivity index (χ4n) is 1.72. The lowest BCUT2D eigenvalue weighted by Gasteiger charge is -2.33. The van der Waals surface area contributed by atoms with Gasteiger partial charge in [-0.25, -0.2) is 8.42 Å². The molecule has 0 atom stereocenters. The van der Waals surface area contributed by atoms with Crippen molar-refractivity contribution < 1.29 is 13.5 Å². The maximum Gasteiger partial charge on any atom is 0.148 e. The van der Waals surface area contributed by atoms with Gasteiger partial charge in [-0.2, -0.15) is 0 Å². The third-order valence-electron chi connectivity index (χ3n) is 3.28. The molecule has 0 saturated heterocycles. The molecule has 0 spiro atoms. The fraction of sp³-hybridized carbons (Fsp3) is 1.00. The smallest absolute Gasteiger partial charge is 0.148 e. The molecule has 0 heterocycles. The molecule has 0 bridgehead atoms. The normalized spacial score (nSPS) is 13.4. The molecule has 5 heteroatoms. The van der Waals surface area contributed by atoms with Crippen molar-refractivity contribution in [1.82, 2.24) is 4.90 Å². The number of hydrogen-bond acceptors (Lipinski definition) is 4. The van der Waals surface area contributed by atoms with Crippen LogP contribution in [0.3, 0.4) is 0 Å². The highest BCUT2D eigenvalue weighted by atomic mass is 32.2. The van der Waals surface area contributed by atoms with Crippen LogP contribution in [0, 0.1) is 5.41 Å². The lowest BCUT2D eigenvalue weighted by molar-refractivity contribution is 0.0776. The molecule has 0 unspecified atom stereocenters. The van der Waals surface area contributed by atoms with E-state index in [1.54, 1.807) is 0 Å². The Balaban J connectivity index is 4.26. The molecule has 0 aliphatic heterocycles. The van der Waals surface area contributed by atoms with E-state index in [9.17, 15) is 13.5 Å². The van der Waals surface area contributed by atoms with Crippen LogP contribution in [-0.4, -0.2) is 57.2 Å². The highest BCUT2D eigenvalue weighted by Gasteiger charge is 2.26. The summed E-state index contributed by atoms with van der Waals surface area (Å²) in [7, 11) is -0.995. The van der Waals surface area contributed by atoms with Gasteiger partial charge in [-0.05, 0) is 19.9 Å². The van der Waals surface area contributed by atoms with Crippen LogP contribution in [0.2, 0.25) is 0 Å². The third-order valence-corrected chi connectivity index (χ3v) is 4.21. The molecule has 0 aromatic rings. The second-order valence-electron chi connectivity index (χ2n) is 4.73. The third kappa shape index (κ3) is 5.82. The number of sulfone groups is 1. The Kier molecular flexibility index (Phi) is 6.51. The summed E-state index contributed by atoms with van der Waals surface area (Å²) in [5.41, 5.74) is -0.0910. The van der Waals surface area contributed by atoms with E-state index in [0.29, 0.717) is 6.54 Å². The van der Waals surface area contributed by atoms with E-state index in [0.717, 1.165) is 19.4 Å². The molecular weight excluding hydrogens is 226 g/mol. The van der Waals surface area contributed by atoms with Crippen molar-refractivity contribution in [3.63, 3.8) is 0 Å². The van der Waals surface area contributed by atoms with Crippen LogP contribution in [-0.2, 0) is 9.84 Å². The molecule has 4 nitrogen and oxygen atoms in total. The number of hydrogen-bond donors (Lipinski definition) is 1. The zero-order valence-electron chi connectivity index (χ0n) is 10.9. The van der Waals surface area contributed by atoms with Crippen LogP contribution in [0.4, 0.5) is 0 Å². The largest absolute Gasteiger partial charge is 0.396 e. The summed E-state index contributed by atoms with van der Waals surface area (Å²) < 4.78 is 22.1. The van der Waals surface area contributed by atoms with E-state index in [4.69, 9.17) is 0 Å². The van der Waals surface area contributed by atoms with E-state index in [-0.39, 0.29) is 17.8 Å². The van der Waals surface area contributed by atoms with Gasteiger partial charge in [-0.3, -0.25) is 0 Å². The van der Waals surface area contributed by atoms with E-state index in [1.807, 2.05) is 11.9 Å². The number of aliphatic hydroxyl groups excluding tert-OH is 1. The summed E-state index contributed by atoms with van der Waals surface area (Å²) in [6, 6.07) is 0. The first-order chi connectivity index (χ1) is 7.28. The first-order valence-corrected chi connectivity index (χ1v) is 7.82. The van der Waals surface area contributed by atoms with Crippen molar-refractivity contribution in [3.8, 4) is 0 Å². The molecule has 0 aromatic heterocycles. The molecule has 0 aliphatic carbocycles. The topological polar surface area (TPSA) is 57.6 Å². The van der Waals surface area contributed by atoms with Crippen molar-refractivity contribution >= 4 is 9.84 Å². The van der Waals surface area contributed by atoms with Gasteiger partial charge in [0.05, 0.1) is 5.75 Å². The Bertz CT molecular complexity index is 275. The molecule has 0 fully saturated rings. The fourth-order valence-corrected chi connectivity index (χ4v) is 2.36. The Morgan fingerprint density at radius 2 is 1.75 bits per heavy atom. The SMILES string of the molecule is CCC(CC)(CO)CN(C)CCS(C)(=O)=O. The minimum Gasteiger partial charge on any atom is -0.396 e. The van der Waals surface area contributed by atoms with Gasteiger partial charge in [0.25, 0.3) is 0 Å². The van der Waals surface area contributed by atoms with Crippen LogP contribution in [0.5, 0.6) is 0 Å². The minimum atomic E-state index is -2.90. The van der Waals surface area contributed by atoms with Gasteiger partial charge in [0.2, 0.25) is 0 Å². The Labute approximate surface area is 99.6 Å². The van der Waals surface area contributed by atoms with Gasteiger partial charge in [-0.15, -0.1) is 0 Å². The van der Waals surface area contributed by atoms with Crippen molar-refractivity contribution in [3.05, 3.63) is 0 Å². The predicted molar refractivity (Wildman–Crippen MR) is 67.3 cm³/mol. The van der Waals surface area contributed by atoms with Crippen molar-refractivity contribution in [2.75, 3.05) is 38.8 Å². The lowest BCUT2D eigenvalue weighted by Crippen LogP contribution is -2.39. The second-order valence-corrected chi connectivity index (χ2v) is 6.99. The molecular formula is C11H25NO3S. The van der Waals surface area contributed by atoms with Crippen LogP contribution in [0.15, 0.2) is 0 Å². The average Bonchev–Trinajstić information content (AvgIpc) is 2.22. The van der Waals surface area contributed by atoms with Gasteiger partial charge in [0, 0.05) is 31.4 Å². The predicted octanol–water partition coefficient (Wildman–Crippen LogP) is 0.762. The summed E-state index contributed by atoms with van der Waals surface area (Å²) in [6.45, 7) is 5.55. The summed E-state index contributed by atoms with van der Waals surface area (Å²) in [5, 5.41) is 9.41. The standard InChI is InChI=1S/C11H25NO3S/c1-5-11(6-2,10-13)9-12(3)7-8-16(4,14)15/h13H,5-10H2,1-4H3. The van der Waals surface area contributed by atoms with Gasteiger partial charge in [-0.1, -0.05) is 13.8 Å². The number of nitrogens with zero attached hydrogens (tertiary/aromatic N) is 1. The van der Waals surface area contributed by atoms with Crippen molar-refractivity contribution in [2.24, 2.45) is 5.41 Å². The maximum absolute atomic E-state index is 11.0. The molecule has 0 rings (SSSR count). The molecule has 0 amide bonds. The average molecular weight is 251 g/mol. The van der Waals surface area contributed by atoms with Crippen LogP contribution in [0.25, 0.3) is 0 Å². The summed E-state index contributed by atoms with van der Waals surface area (Å²) in [6.07, 6.45) is 3.06. The molecule has 0 saturated carbocycles. The molecule has 0 aliphatic rings. The highest BCUT2D eigenvalue weighted by molar-refractivity contribution is 7.90. The zero-order valence-corrected chi connectivity index (χ0v) is 11.7. The quantitative estimate of drug-likeness (QED) is 0.692. The van der Waals surface area contributed by atoms with Crippen LogP contribution >= 0.6 is 0 Å². The summed E-state index contributed by atoms with van der Waals surface area (Å²) in [5.74, 6) is 0.179. The maximum atomic E-state index is 11.0. The van der Waals surface area contributed by atoms with E-state index < -0.39 is 9.84 Å². The molecule has 0 aromatic carbocycles. The summed E-state index contributed by atoms with van der Waals surface area (Å²) >= 11 is 0. The number of aliphatic hydroxyl groups is 1. The summed E-state index contributed by atoms with van der Waals surface area (Å²) in [4.78, 5) is 1.99. The molecule has 1 N–H and O–H groups in total. The zero-order chi connectivity index (χ0) is 12.8. The van der Waals surface area contributed by atoms with Gasteiger partial charge in [0.1, 0.15) is 9.84 Å². The van der Waals surface area contributed by atoms with Crippen molar-refractivity contribution in [2.45, 2.75) is 26.7 Å². The minimum absolute atomic E-state index is 0.0910. The molecule has 16 heavy (non-hydrogen) atoms. The Morgan fingerprint density at radius 1 is 1.25 bits per heavy atom. The first-order valence-electron chi connectivity index (χ1n) is 5.75. The first kappa shape index (κ1) is 15.9. The molecule has 98 valence electrons. The monoisotopic (exact) mass is 251 g/mol. The van der Waals surface area contributed by atoms with E-state index >= 15 is 0 Å². The van der Waals surface area contributed by atoms with Crippen LogP contribution in [0.1, 0.15) is 26.7 Å². The van der Waals surface area contributed by atoms with Gasteiger partial charge >= 0.3 is 0 Å². The lowest BCUT2D eigenvalue weighted by atomic mass is 9.83. The van der Waals surface area contributed by atoms with Crippen molar-refractivity contribution in [1.29, 1.82) is 0 Å². The highest BCUT2D eigenvalue weighted by Crippen LogP contribution is 2.26. The Morgan fingerprint density at radius 3 is 2.06 bits per heavy atom. The van der Waals surface area contributed by atoms with E-state index in [1.165, 1.54) is 6.26 Å². The van der Waals surface area contributed by atoms with E-state index in [2.05, 4.69) is 13.8 Å². The van der Waals surface area contributed by atoms with Gasteiger partial charge < -0.3 is 10.0 Å². The van der Waals surface area contributed by atoms with Gasteiger partial charge in [0.15, 0.2) is 0 Å². The van der Waals surface area contributed by atoms with Crippen LogP contribution < -0.4 is 0 Å². The number of rotatable bonds is 8. The Hall–Kier alpha value is -0.130.